The number of methoxy groups -OCH3 is 1. The molecule has 1 N–H and O–H groups in total. The summed E-state index contributed by atoms with van der Waals surface area (Å²) in [4.78, 5) is 15.4. The van der Waals surface area contributed by atoms with Gasteiger partial charge in [0.05, 0.1) is 43.1 Å². The van der Waals surface area contributed by atoms with E-state index in [9.17, 15) is 8.78 Å². The zero-order valence-electron chi connectivity index (χ0n) is 16.0. The quantitative estimate of drug-likeness (QED) is 0.684. The maximum absolute atomic E-state index is 14.1. The Morgan fingerprint density at radius 1 is 1.14 bits per heavy atom. The first kappa shape index (κ1) is 19.0. The molecular weight excluding hydrogens is 376 g/mol. The molecule has 3 aromatic rings. The number of hydrogen-bond acceptors (Lipinski definition) is 6. The molecule has 29 heavy (non-hydrogen) atoms. The van der Waals surface area contributed by atoms with Gasteiger partial charge in [-0.3, -0.25) is 4.98 Å². The summed E-state index contributed by atoms with van der Waals surface area (Å²) in [7, 11) is 1.57. The Morgan fingerprint density at radius 3 is 2.83 bits per heavy atom. The lowest BCUT2D eigenvalue weighted by Gasteiger charge is -2.30. The van der Waals surface area contributed by atoms with Crippen LogP contribution in [0.2, 0.25) is 0 Å². The molecule has 0 spiro atoms. The first-order valence-corrected chi connectivity index (χ1v) is 9.40. The van der Waals surface area contributed by atoms with Crippen molar-refractivity contribution >= 4 is 11.5 Å². The maximum Gasteiger partial charge on any atom is 0.213 e. The Balaban J connectivity index is 1.51. The van der Waals surface area contributed by atoms with Crippen molar-refractivity contribution in [1.29, 1.82) is 0 Å². The van der Waals surface area contributed by atoms with Crippen molar-refractivity contribution in [3.63, 3.8) is 0 Å². The van der Waals surface area contributed by atoms with Crippen LogP contribution >= 0.6 is 0 Å². The SMILES string of the molecule is COc1ccc(NCc2cnc3c(n2)N(Cc2cc(F)ccc2F)CCC3)cn1. The fourth-order valence-electron chi connectivity index (χ4n) is 3.32. The van der Waals surface area contributed by atoms with Crippen molar-refractivity contribution in [3.8, 4) is 5.88 Å². The van der Waals surface area contributed by atoms with Crippen molar-refractivity contribution < 1.29 is 13.5 Å². The van der Waals surface area contributed by atoms with Crippen molar-refractivity contribution in [2.24, 2.45) is 0 Å². The van der Waals surface area contributed by atoms with E-state index in [1.165, 1.54) is 6.07 Å². The molecule has 6 nitrogen and oxygen atoms in total. The van der Waals surface area contributed by atoms with Gasteiger partial charge in [-0.1, -0.05) is 0 Å². The van der Waals surface area contributed by atoms with Crippen LogP contribution in [-0.4, -0.2) is 28.6 Å². The number of anilines is 2. The minimum Gasteiger partial charge on any atom is -0.481 e. The summed E-state index contributed by atoms with van der Waals surface area (Å²) in [6.07, 6.45) is 5.15. The molecule has 0 fully saturated rings. The highest BCUT2D eigenvalue weighted by atomic mass is 19.1. The molecule has 2 aromatic heterocycles. The molecule has 1 aliphatic heterocycles. The Morgan fingerprint density at radius 2 is 2.03 bits per heavy atom. The smallest absolute Gasteiger partial charge is 0.213 e. The van der Waals surface area contributed by atoms with E-state index in [1.54, 1.807) is 25.6 Å². The van der Waals surface area contributed by atoms with Crippen molar-refractivity contribution in [3.05, 3.63) is 71.3 Å². The Bertz CT molecular complexity index is 997. The summed E-state index contributed by atoms with van der Waals surface area (Å²) in [5.74, 6) is 0.406. The third-order valence-electron chi connectivity index (χ3n) is 4.81. The number of pyridine rings is 1. The fraction of sp³-hybridized carbons (Fsp3) is 0.286. The largest absolute Gasteiger partial charge is 0.481 e. The summed E-state index contributed by atoms with van der Waals surface area (Å²) < 4.78 is 32.7. The Labute approximate surface area is 167 Å². The van der Waals surface area contributed by atoms with Crippen molar-refractivity contribution in [2.75, 3.05) is 23.9 Å². The second-order valence-corrected chi connectivity index (χ2v) is 6.84. The highest BCUT2D eigenvalue weighted by Gasteiger charge is 2.21. The fourth-order valence-corrected chi connectivity index (χ4v) is 3.32. The second kappa shape index (κ2) is 8.38. The average molecular weight is 397 g/mol. The van der Waals surface area contributed by atoms with E-state index in [-0.39, 0.29) is 6.54 Å². The summed E-state index contributed by atoms with van der Waals surface area (Å²) >= 11 is 0. The van der Waals surface area contributed by atoms with Crippen LogP contribution in [-0.2, 0) is 19.5 Å². The highest BCUT2D eigenvalue weighted by molar-refractivity contribution is 5.48. The summed E-state index contributed by atoms with van der Waals surface area (Å²) in [5, 5.41) is 3.25. The normalized spacial score (nSPS) is 13.1. The molecule has 0 amide bonds. The lowest BCUT2D eigenvalue weighted by Crippen LogP contribution is -2.31. The van der Waals surface area contributed by atoms with Crippen molar-refractivity contribution in [2.45, 2.75) is 25.9 Å². The van der Waals surface area contributed by atoms with Gasteiger partial charge >= 0.3 is 0 Å². The van der Waals surface area contributed by atoms with E-state index in [1.807, 2.05) is 11.0 Å². The van der Waals surface area contributed by atoms with Gasteiger partial charge in [-0.15, -0.1) is 0 Å². The van der Waals surface area contributed by atoms with Crippen LogP contribution in [0.25, 0.3) is 0 Å². The number of halogens is 2. The molecule has 0 aliphatic carbocycles. The van der Waals surface area contributed by atoms with Crippen LogP contribution in [0.4, 0.5) is 20.3 Å². The average Bonchev–Trinajstić information content (AvgIpc) is 2.75. The van der Waals surface area contributed by atoms with Crippen LogP contribution in [0.15, 0.2) is 42.7 Å². The number of aromatic nitrogens is 3. The zero-order chi connectivity index (χ0) is 20.2. The summed E-state index contributed by atoms with van der Waals surface area (Å²) in [6.45, 7) is 1.44. The van der Waals surface area contributed by atoms with Crippen molar-refractivity contribution in [1.82, 2.24) is 15.0 Å². The molecule has 1 aromatic carbocycles. The van der Waals surface area contributed by atoms with Gasteiger partial charge < -0.3 is 15.0 Å². The van der Waals surface area contributed by atoms with Crippen LogP contribution < -0.4 is 15.0 Å². The number of nitrogens with one attached hydrogen (secondary N) is 1. The molecule has 0 saturated heterocycles. The lowest BCUT2D eigenvalue weighted by atomic mass is 10.1. The number of benzene rings is 1. The number of aryl methyl sites for hydroxylation is 1. The number of rotatable bonds is 6. The van der Waals surface area contributed by atoms with Crippen LogP contribution in [0.5, 0.6) is 5.88 Å². The standard InChI is InChI=1S/C21H21F2N5O/c1-29-20-7-5-16(10-26-20)24-11-17-12-25-19-3-2-8-28(21(19)27-17)13-14-9-15(22)4-6-18(14)23/h4-7,9-10,12,24H,2-3,8,11,13H2,1H3. The Hall–Kier alpha value is -3.29. The maximum atomic E-state index is 14.1. The van der Waals surface area contributed by atoms with Crippen LogP contribution in [0.3, 0.4) is 0 Å². The molecule has 4 rings (SSSR count). The van der Waals surface area contributed by atoms with Gasteiger partial charge in [0, 0.05) is 24.7 Å². The van der Waals surface area contributed by atoms with E-state index in [0.717, 1.165) is 54.4 Å². The molecule has 0 saturated carbocycles. The lowest BCUT2D eigenvalue weighted by molar-refractivity contribution is 0.398. The number of ether oxygens (including phenoxy) is 1. The molecule has 150 valence electrons. The van der Waals surface area contributed by atoms with Crippen LogP contribution in [0, 0.1) is 11.6 Å². The third kappa shape index (κ3) is 4.42. The van der Waals surface area contributed by atoms with E-state index in [0.29, 0.717) is 18.0 Å². The van der Waals surface area contributed by atoms with Gasteiger partial charge in [0.25, 0.3) is 0 Å². The van der Waals surface area contributed by atoms with E-state index in [2.05, 4.69) is 15.3 Å². The summed E-state index contributed by atoms with van der Waals surface area (Å²) in [5.41, 5.74) is 2.78. The molecule has 8 heteroatoms. The van der Waals surface area contributed by atoms with E-state index in [4.69, 9.17) is 9.72 Å². The second-order valence-electron chi connectivity index (χ2n) is 6.84. The van der Waals surface area contributed by atoms with Gasteiger partial charge in [0.2, 0.25) is 5.88 Å². The molecule has 1 aliphatic rings. The highest BCUT2D eigenvalue weighted by Crippen LogP contribution is 2.26. The van der Waals surface area contributed by atoms with Gasteiger partial charge in [-0.25, -0.2) is 18.7 Å². The first-order chi connectivity index (χ1) is 14.1. The number of fused-ring (bicyclic) bond motifs is 1. The van der Waals surface area contributed by atoms with Gasteiger partial charge in [-0.05, 0) is 37.1 Å². The van der Waals surface area contributed by atoms with Gasteiger partial charge in [0.15, 0.2) is 5.82 Å². The monoisotopic (exact) mass is 397 g/mol. The summed E-state index contributed by atoms with van der Waals surface area (Å²) in [6, 6.07) is 7.16. The predicted octanol–water partition coefficient (Wildman–Crippen LogP) is 3.72. The third-order valence-corrected chi connectivity index (χ3v) is 4.81. The van der Waals surface area contributed by atoms with Gasteiger partial charge in [-0.2, -0.15) is 0 Å². The number of nitrogens with zero attached hydrogens (tertiary/aromatic N) is 4. The molecular formula is C21H21F2N5O. The topological polar surface area (TPSA) is 63.2 Å². The molecule has 0 bridgehead atoms. The Kier molecular flexibility index (Phi) is 5.50. The van der Waals surface area contributed by atoms with Crippen LogP contribution in [0.1, 0.15) is 23.4 Å². The zero-order valence-corrected chi connectivity index (χ0v) is 16.0. The first-order valence-electron chi connectivity index (χ1n) is 9.40. The van der Waals surface area contributed by atoms with E-state index >= 15 is 0 Å². The molecule has 0 atom stereocenters. The van der Waals surface area contributed by atoms with Gasteiger partial charge in [0.1, 0.15) is 11.6 Å². The minimum atomic E-state index is -0.448. The van der Waals surface area contributed by atoms with E-state index < -0.39 is 11.6 Å². The molecule has 0 radical (unpaired) electrons. The minimum absolute atomic E-state index is 0.255. The molecule has 3 heterocycles. The molecule has 0 unspecified atom stereocenters. The predicted molar refractivity (Wildman–Crippen MR) is 106 cm³/mol. The number of hydrogen-bond donors (Lipinski definition) is 1.